The molecular weight excluding hydrogens is 165 g/mol. The van der Waals surface area contributed by atoms with Crippen LogP contribution in [0.1, 0.15) is 18.9 Å². The van der Waals surface area contributed by atoms with Crippen LogP contribution < -0.4 is 0 Å². The molecule has 0 bridgehead atoms. The molecule has 0 unspecified atom stereocenters. The Morgan fingerprint density at radius 2 is 2.31 bits per heavy atom. The topological polar surface area (TPSA) is 23.9 Å². The third-order valence-corrected chi connectivity index (χ3v) is 1.58. The average Bonchev–Trinajstić information content (AvgIpc) is 2.03. The molecule has 1 aromatic carbocycles. The minimum atomic E-state index is -0.228. The number of halogens is 1. The maximum Gasteiger partial charge on any atom is 0.123 e. The molecule has 0 fully saturated rings. The predicted molar refractivity (Wildman–Crippen MR) is 53.5 cm³/mol. The fourth-order valence-corrected chi connectivity index (χ4v) is 0.982. The summed E-state index contributed by atoms with van der Waals surface area (Å²) in [6.45, 7) is 1.75. The van der Waals surface area contributed by atoms with Gasteiger partial charge in [0.05, 0.1) is 0 Å². The number of hydrogen-bond acceptors (Lipinski definition) is 1. The maximum atomic E-state index is 12.7. The minimum absolute atomic E-state index is 0.228. The first-order valence-electron chi connectivity index (χ1n) is 4.14. The van der Waals surface area contributed by atoms with Gasteiger partial charge in [-0.2, -0.15) is 0 Å². The van der Waals surface area contributed by atoms with Gasteiger partial charge in [-0.1, -0.05) is 24.3 Å². The van der Waals surface area contributed by atoms with Gasteiger partial charge in [-0.15, -0.1) is 0 Å². The minimum Gasteiger partial charge on any atom is -0.310 e. The first kappa shape index (κ1) is 9.65. The van der Waals surface area contributed by atoms with Crippen LogP contribution in [0.25, 0.3) is 6.08 Å². The van der Waals surface area contributed by atoms with E-state index in [4.69, 9.17) is 5.41 Å². The van der Waals surface area contributed by atoms with Crippen molar-refractivity contribution in [3.05, 3.63) is 41.7 Å². The fraction of sp³-hybridized carbons (Fsp3) is 0.182. The second-order valence-corrected chi connectivity index (χ2v) is 2.94. The molecule has 68 valence electrons. The molecule has 0 amide bonds. The lowest BCUT2D eigenvalue weighted by Gasteiger charge is -1.93. The van der Waals surface area contributed by atoms with E-state index in [1.165, 1.54) is 12.1 Å². The van der Waals surface area contributed by atoms with E-state index in [0.29, 0.717) is 12.1 Å². The zero-order valence-corrected chi connectivity index (χ0v) is 7.55. The number of benzene rings is 1. The molecule has 0 aliphatic heterocycles. The Kier molecular flexibility index (Phi) is 3.38. The van der Waals surface area contributed by atoms with Gasteiger partial charge in [0, 0.05) is 12.1 Å². The standard InChI is InChI=1S/C11H12FN/c1-9(13)4-2-5-10-6-3-7-11(12)8-10/h2-3,5-8,13H,4H2,1H3/b5-2+,13-9?. The Morgan fingerprint density at radius 3 is 2.92 bits per heavy atom. The highest BCUT2D eigenvalue weighted by molar-refractivity contribution is 5.80. The molecule has 0 aromatic heterocycles. The van der Waals surface area contributed by atoms with E-state index in [2.05, 4.69) is 0 Å². The van der Waals surface area contributed by atoms with Crippen molar-refractivity contribution in [3.63, 3.8) is 0 Å². The molecule has 0 saturated carbocycles. The number of allylic oxidation sites excluding steroid dienone is 1. The van der Waals surface area contributed by atoms with Crippen molar-refractivity contribution in [2.45, 2.75) is 13.3 Å². The molecule has 0 radical (unpaired) electrons. The van der Waals surface area contributed by atoms with Crippen molar-refractivity contribution in [2.24, 2.45) is 0 Å². The van der Waals surface area contributed by atoms with E-state index in [-0.39, 0.29) is 5.82 Å². The molecule has 0 atom stereocenters. The zero-order chi connectivity index (χ0) is 9.68. The third kappa shape index (κ3) is 3.65. The summed E-state index contributed by atoms with van der Waals surface area (Å²) in [6.07, 6.45) is 4.30. The van der Waals surface area contributed by atoms with Crippen molar-refractivity contribution in [3.8, 4) is 0 Å². The highest BCUT2D eigenvalue weighted by Gasteiger charge is 1.89. The monoisotopic (exact) mass is 177 g/mol. The molecule has 0 aliphatic rings. The highest BCUT2D eigenvalue weighted by atomic mass is 19.1. The number of rotatable bonds is 3. The highest BCUT2D eigenvalue weighted by Crippen LogP contribution is 2.05. The summed E-state index contributed by atoms with van der Waals surface area (Å²) in [5, 5.41) is 7.18. The van der Waals surface area contributed by atoms with Crippen LogP contribution in [0.3, 0.4) is 0 Å². The van der Waals surface area contributed by atoms with Crippen molar-refractivity contribution in [1.82, 2.24) is 0 Å². The third-order valence-electron chi connectivity index (χ3n) is 1.58. The van der Waals surface area contributed by atoms with Crippen molar-refractivity contribution >= 4 is 11.8 Å². The number of nitrogens with one attached hydrogen (secondary N) is 1. The molecule has 1 rings (SSSR count). The van der Waals surface area contributed by atoms with Crippen molar-refractivity contribution in [2.75, 3.05) is 0 Å². The van der Waals surface area contributed by atoms with Gasteiger partial charge in [0.2, 0.25) is 0 Å². The smallest absolute Gasteiger partial charge is 0.123 e. The summed E-state index contributed by atoms with van der Waals surface area (Å²) in [6, 6.07) is 6.39. The number of hydrogen-bond donors (Lipinski definition) is 1. The summed E-state index contributed by atoms with van der Waals surface area (Å²) < 4.78 is 12.7. The Morgan fingerprint density at radius 1 is 1.54 bits per heavy atom. The van der Waals surface area contributed by atoms with Crippen LogP contribution in [0.5, 0.6) is 0 Å². The first-order chi connectivity index (χ1) is 6.18. The van der Waals surface area contributed by atoms with Crippen LogP contribution in [0.2, 0.25) is 0 Å². The van der Waals surface area contributed by atoms with Gasteiger partial charge < -0.3 is 5.41 Å². The van der Waals surface area contributed by atoms with Crippen molar-refractivity contribution in [1.29, 1.82) is 5.41 Å². The summed E-state index contributed by atoms with van der Waals surface area (Å²) >= 11 is 0. The van der Waals surface area contributed by atoms with E-state index < -0.39 is 0 Å². The van der Waals surface area contributed by atoms with Crippen LogP contribution >= 0.6 is 0 Å². The molecule has 0 aliphatic carbocycles. The Hall–Kier alpha value is -1.44. The van der Waals surface area contributed by atoms with Gasteiger partial charge >= 0.3 is 0 Å². The molecule has 0 spiro atoms. The van der Waals surface area contributed by atoms with Crippen LogP contribution in [0.15, 0.2) is 30.3 Å². The fourth-order valence-electron chi connectivity index (χ4n) is 0.982. The predicted octanol–water partition coefficient (Wildman–Crippen LogP) is 3.27. The van der Waals surface area contributed by atoms with E-state index in [1.54, 1.807) is 13.0 Å². The van der Waals surface area contributed by atoms with Crippen LogP contribution in [-0.2, 0) is 0 Å². The van der Waals surface area contributed by atoms with Gasteiger partial charge in [-0.05, 0) is 24.6 Å². The van der Waals surface area contributed by atoms with Gasteiger partial charge in [0.15, 0.2) is 0 Å². The van der Waals surface area contributed by atoms with Crippen LogP contribution in [0, 0.1) is 11.2 Å². The van der Waals surface area contributed by atoms with Gasteiger partial charge in [0.1, 0.15) is 5.82 Å². The molecule has 1 nitrogen and oxygen atoms in total. The van der Waals surface area contributed by atoms with Gasteiger partial charge in [-0.25, -0.2) is 4.39 Å². The molecule has 1 aromatic rings. The zero-order valence-electron chi connectivity index (χ0n) is 7.55. The van der Waals surface area contributed by atoms with Crippen LogP contribution in [-0.4, -0.2) is 5.71 Å². The quantitative estimate of drug-likeness (QED) is 0.685. The Labute approximate surface area is 77.4 Å². The molecule has 2 heteroatoms. The van der Waals surface area contributed by atoms with Crippen molar-refractivity contribution < 1.29 is 4.39 Å². The van der Waals surface area contributed by atoms with E-state index in [1.807, 2.05) is 18.2 Å². The first-order valence-corrected chi connectivity index (χ1v) is 4.14. The van der Waals surface area contributed by atoms with E-state index in [0.717, 1.165) is 5.56 Å². The molecule has 1 N–H and O–H groups in total. The van der Waals surface area contributed by atoms with E-state index >= 15 is 0 Å². The summed E-state index contributed by atoms with van der Waals surface area (Å²) in [4.78, 5) is 0. The lowest BCUT2D eigenvalue weighted by Crippen LogP contribution is -1.82. The average molecular weight is 177 g/mol. The molecule has 0 heterocycles. The summed E-state index contributed by atoms with van der Waals surface area (Å²) in [7, 11) is 0. The molecule has 13 heavy (non-hydrogen) atoms. The Bertz CT molecular complexity index is 329. The Balaban J connectivity index is 2.63. The summed E-state index contributed by atoms with van der Waals surface area (Å²) in [5.41, 5.74) is 1.44. The van der Waals surface area contributed by atoms with Gasteiger partial charge in [-0.3, -0.25) is 0 Å². The molecular formula is C11H12FN. The van der Waals surface area contributed by atoms with Crippen LogP contribution in [0.4, 0.5) is 4.39 Å². The largest absolute Gasteiger partial charge is 0.310 e. The van der Waals surface area contributed by atoms with Gasteiger partial charge in [0.25, 0.3) is 0 Å². The normalized spacial score (nSPS) is 10.6. The lowest BCUT2D eigenvalue weighted by atomic mass is 10.2. The second-order valence-electron chi connectivity index (χ2n) is 2.94. The maximum absolute atomic E-state index is 12.7. The SMILES string of the molecule is CC(=N)C/C=C/c1cccc(F)c1. The second kappa shape index (κ2) is 4.55. The lowest BCUT2D eigenvalue weighted by molar-refractivity contribution is 0.627. The summed E-state index contributed by atoms with van der Waals surface area (Å²) in [5.74, 6) is -0.228. The molecule has 0 saturated heterocycles. The van der Waals surface area contributed by atoms with E-state index in [9.17, 15) is 4.39 Å².